The zero-order valence-electron chi connectivity index (χ0n) is 8.27. The normalized spacial score (nSPS) is 10.8. The fraction of sp³-hybridized carbons (Fsp3) is 0. The minimum absolute atomic E-state index is 0.183. The van der Waals surface area contributed by atoms with Gasteiger partial charge in [0.2, 0.25) is 0 Å². The van der Waals surface area contributed by atoms with Crippen molar-refractivity contribution in [3.05, 3.63) is 46.9 Å². The molecule has 0 saturated heterocycles. The molecule has 78 valence electrons. The van der Waals surface area contributed by atoms with E-state index >= 15 is 0 Å². The molecular formula is C11H8N4O. The minimum Gasteiger partial charge on any atom is -0.306 e. The first kappa shape index (κ1) is 8.84. The lowest BCUT2D eigenvalue weighted by Gasteiger charge is -1.99. The molecular weight excluding hydrogens is 204 g/mol. The van der Waals surface area contributed by atoms with E-state index in [1.54, 1.807) is 0 Å². The maximum absolute atomic E-state index is 11.7. The Balaban J connectivity index is 2.30. The second-order valence-corrected chi connectivity index (χ2v) is 3.41. The standard InChI is InChI=1S/C11H8N4O/c16-11-8-6-12-15-10(8)13-9(14-11)7-4-2-1-3-5-7/h1-6H,(H2,12,13,14,15,16). The van der Waals surface area contributed by atoms with E-state index in [0.29, 0.717) is 16.9 Å². The molecule has 3 rings (SSSR count). The van der Waals surface area contributed by atoms with Gasteiger partial charge in [-0.25, -0.2) is 4.98 Å². The molecule has 1 aromatic carbocycles. The second kappa shape index (κ2) is 3.30. The number of nitrogens with one attached hydrogen (secondary N) is 2. The molecule has 0 bridgehead atoms. The van der Waals surface area contributed by atoms with Gasteiger partial charge in [0.15, 0.2) is 5.65 Å². The van der Waals surface area contributed by atoms with Crippen molar-refractivity contribution in [1.82, 2.24) is 20.2 Å². The lowest BCUT2D eigenvalue weighted by Crippen LogP contribution is -2.08. The number of aromatic nitrogens is 4. The first-order valence-corrected chi connectivity index (χ1v) is 4.83. The molecule has 0 aliphatic carbocycles. The fourth-order valence-electron chi connectivity index (χ4n) is 1.58. The van der Waals surface area contributed by atoms with Crippen LogP contribution in [0.4, 0.5) is 0 Å². The third kappa shape index (κ3) is 1.30. The van der Waals surface area contributed by atoms with Gasteiger partial charge in [0, 0.05) is 5.56 Å². The van der Waals surface area contributed by atoms with Gasteiger partial charge < -0.3 is 4.98 Å². The summed E-state index contributed by atoms with van der Waals surface area (Å²) in [5, 5.41) is 6.95. The Bertz CT molecular complexity index is 684. The molecule has 0 aliphatic heterocycles. The fourth-order valence-corrected chi connectivity index (χ4v) is 1.58. The van der Waals surface area contributed by atoms with Gasteiger partial charge in [-0.3, -0.25) is 9.89 Å². The van der Waals surface area contributed by atoms with Crippen molar-refractivity contribution in [3.63, 3.8) is 0 Å². The van der Waals surface area contributed by atoms with Crippen LogP contribution in [0.1, 0.15) is 0 Å². The largest absolute Gasteiger partial charge is 0.306 e. The molecule has 0 radical (unpaired) electrons. The molecule has 0 unspecified atom stereocenters. The zero-order valence-corrected chi connectivity index (χ0v) is 8.27. The lowest BCUT2D eigenvalue weighted by molar-refractivity contribution is 1.09. The highest BCUT2D eigenvalue weighted by Gasteiger charge is 2.06. The molecule has 2 aromatic heterocycles. The smallest absolute Gasteiger partial charge is 0.262 e. The van der Waals surface area contributed by atoms with Gasteiger partial charge in [0.25, 0.3) is 5.56 Å². The topological polar surface area (TPSA) is 74.4 Å². The summed E-state index contributed by atoms with van der Waals surface area (Å²) in [6.07, 6.45) is 1.47. The minimum atomic E-state index is -0.183. The molecule has 2 heterocycles. The highest BCUT2D eigenvalue weighted by molar-refractivity contribution is 5.74. The molecule has 0 spiro atoms. The van der Waals surface area contributed by atoms with E-state index in [4.69, 9.17) is 0 Å². The molecule has 5 heteroatoms. The van der Waals surface area contributed by atoms with Crippen LogP contribution in [0.5, 0.6) is 0 Å². The van der Waals surface area contributed by atoms with E-state index in [0.717, 1.165) is 5.56 Å². The van der Waals surface area contributed by atoms with Crippen molar-refractivity contribution in [2.24, 2.45) is 0 Å². The van der Waals surface area contributed by atoms with Crippen LogP contribution in [-0.2, 0) is 0 Å². The second-order valence-electron chi connectivity index (χ2n) is 3.41. The van der Waals surface area contributed by atoms with Gasteiger partial charge in [-0.1, -0.05) is 30.3 Å². The Labute approximate surface area is 90.2 Å². The Morgan fingerprint density at radius 1 is 1.12 bits per heavy atom. The van der Waals surface area contributed by atoms with Crippen LogP contribution in [0.25, 0.3) is 22.4 Å². The average Bonchev–Trinajstić information content (AvgIpc) is 2.79. The molecule has 0 atom stereocenters. The van der Waals surface area contributed by atoms with Crippen LogP contribution in [0, 0.1) is 0 Å². The molecule has 0 fully saturated rings. The highest BCUT2D eigenvalue weighted by atomic mass is 16.1. The zero-order chi connectivity index (χ0) is 11.0. The van der Waals surface area contributed by atoms with Gasteiger partial charge in [-0.05, 0) is 0 Å². The van der Waals surface area contributed by atoms with E-state index in [-0.39, 0.29) is 5.56 Å². The van der Waals surface area contributed by atoms with E-state index in [9.17, 15) is 4.79 Å². The van der Waals surface area contributed by atoms with Crippen molar-refractivity contribution in [3.8, 4) is 11.4 Å². The first-order chi connectivity index (χ1) is 7.84. The van der Waals surface area contributed by atoms with Gasteiger partial charge in [-0.15, -0.1) is 0 Å². The number of aromatic amines is 2. The Kier molecular flexibility index (Phi) is 1.83. The van der Waals surface area contributed by atoms with E-state index in [1.165, 1.54) is 6.20 Å². The molecule has 16 heavy (non-hydrogen) atoms. The summed E-state index contributed by atoms with van der Waals surface area (Å²) in [6, 6.07) is 9.48. The van der Waals surface area contributed by atoms with Gasteiger partial charge in [0.1, 0.15) is 11.2 Å². The number of hydrogen-bond donors (Lipinski definition) is 2. The van der Waals surface area contributed by atoms with Crippen molar-refractivity contribution in [1.29, 1.82) is 0 Å². The first-order valence-electron chi connectivity index (χ1n) is 4.83. The Hall–Kier alpha value is -2.43. The van der Waals surface area contributed by atoms with E-state index in [1.807, 2.05) is 30.3 Å². The van der Waals surface area contributed by atoms with Crippen molar-refractivity contribution < 1.29 is 0 Å². The maximum Gasteiger partial charge on any atom is 0.262 e. The van der Waals surface area contributed by atoms with Crippen LogP contribution in [0.2, 0.25) is 0 Å². The van der Waals surface area contributed by atoms with Crippen molar-refractivity contribution >= 4 is 11.0 Å². The van der Waals surface area contributed by atoms with Crippen LogP contribution in [0.3, 0.4) is 0 Å². The predicted molar refractivity (Wildman–Crippen MR) is 59.9 cm³/mol. The van der Waals surface area contributed by atoms with E-state index in [2.05, 4.69) is 20.2 Å². The number of nitrogens with zero attached hydrogens (tertiary/aromatic N) is 2. The van der Waals surface area contributed by atoms with Crippen LogP contribution in [0.15, 0.2) is 41.3 Å². The maximum atomic E-state index is 11.7. The number of hydrogen-bond acceptors (Lipinski definition) is 3. The summed E-state index contributed by atoms with van der Waals surface area (Å²) < 4.78 is 0. The van der Waals surface area contributed by atoms with E-state index < -0.39 is 0 Å². The third-order valence-electron chi connectivity index (χ3n) is 2.37. The van der Waals surface area contributed by atoms with Crippen LogP contribution in [-0.4, -0.2) is 20.2 Å². The molecule has 5 nitrogen and oxygen atoms in total. The average molecular weight is 212 g/mol. The summed E-state index contributed by atoms with van der Waals surface area (Å²) in [5.74, 6) is 0.544. The van der Waals surface area contributed by atoms with Gasteiger partial charge >= 0.3 is 0 Å². The number of rotatable bonds is 1. The number of H-pyrrole nitrogens is 2. The highest BCUT2D eigenvalue weighted by Crippen LogP contribution is 2.13. The summed E-state index contributed by atoms with van der Waals surface area (Å²) in [6.45, 7) is 0. The summed E-state index contributed by atoms with van der Waals surface area (Å²) in [7, 11) is 0. The summed E-state index contributed by atoms with van der Waals surface area (Å²) >= 11 is 0. The molecule has 3 aromatic rings. The predicted octanol–water partition coefficient (Wildman–Crippen LogP) is 1.31. The summed E-state index contributed by atoms with van der Waals surface area (Å²) in [5.41, 5.74) is 1.19. The monoisotopic (exact) mass is 212 g/mol. The third-order valence-corrected chi connectivity index (χ3v) is 2.37. The summed E-state index contributed by atoms with van der Waals surface area (Å²) in [4.78, 5) is 18.7. The van der Waals surface area contributed by atoms with Crippen molar-refractivity contribution in [2.45, 2.75) is 0 Å². The molecule has 0 aliphatic rings. The van der Waals surface area contributed by atoms with Crippen LogP contribution < -0.4 is 5.56 Å². The van der Waals surface area contributed by atoms with Gasteiger partial charge in [-0.2, -0.15) is 5.10 Å². The quantitative estimate of drug-likeness (QED) is 0.638. The van der Waals surface area contributed by atoms with Gasteiger partial charge in [0.05, 0.1) is 6.20 Å². The number of benzene rings is 1. The molecule has 2 N–H and O–H groups in total. The SMILES string of the molecule is O=c1[nH]c(-c2ccccc2)nc2[nH]ncc12. The molecule has 0 amide bonds. The molecule has 0 saturated carbocycles. The number of fused-ring (bicyclic) bond motifs is 1. The van der Waals surface area contributed by atoms with Crippen molar-refractivity contribution in [2.75, 3.05) is 0 Å². The van der Waals surface area contributed by atoms with Crippen LogP contribution >= 0.6 is 0 Å². The lowest BCUT2D eigenvalue weighted by atomic mass is 10.2. The Morgan fingerprint density at radius 2 is 1.94 bits per heavy atom. The Morgan fingerprint density at radius 3 is 2.75 bits per heavy atom.